The van der Waals surface area contributed by atoms with Crippen molar-refractivity contribution in [1.29, 1.82) is 0 Å². The summed E-state index contributed by atoms with van der Waals surface area (Å²) in [6.07, 6.45) is 3.10. The topological polar surface area (TPSA) is 41.1 Å². The molecule has 2 N–H and O–H groups in total. The third-order valence-corrected chi connectivity index (χ3v) is 3.33. The lowest BCUT2D eigenvalue weighted by molar-refractivity contribution is -0.117. The summed E-state index contributed by atoms with van der Waals surface area (Å²) in [6, 6.07) is 9.16. The van der Waals surface area contributed by atoms with Gasteiger partial charge in [0.25, 0.3) is 0 Å². The molecule has 1 aromatic rings. The highest BCUT2D eigenvalue weighted by Gasteiger charge is 2.29. The van der Waals surface area contributed by atoms with Gasteiger partial charge in [0.1, 0.15) is 0 Å². The molecule has 1 saturated carbocycles. The van der Waals surface area contributed by atoms with Crippen molar-refractivity contribution in [1.82, 2.24) is 5.32 Å². The van der Waals surface area contributed by atoms with E-state index >= 15 is 0 Å². The summed E-state index contributed by atoms with van der Waals surface area (Å²) in [7, 11) is 0. The van der Waals surface area contributed by atoms with E-state index in [1.165, 1.54) is 5.56 Å². The summed E-state index contributed by atoms with van der Waals surface area (Å²) < 4.78 is 0. The molecule has 0 heterocycles. The van der Waals surface area contributed by atoms with Gasteiger partial charge in [-0.15, -0.1) is 0 Å². The Balaban J connectivity index is 1.85. The molecule has 3 nitrogen and oxygen atoms in total. The van der Waals surface area contributed by atoms with E-state index in [1.807, 2.05) is 12.1 Å². The maximum atomic E-state index is 11.6. The fourth-order valence-electron chi connectivity index (χ4n) is 2.30. The van der Waals surface area contributed by atoms with Gasteiger partial charge in [-0.3, -0.25) is 4.79 Å². The number of hydrogen-bond acceptors (Lipinski definition) is 2. The molecule has 1 atom stereocenters. The molecule has 0 spiro atoms. The quantitative estimate of drug-likeness (QED) is 0.825. The van der Waals surface area contributed by atoms with Crippen LogP contribution < -0.4 is 10.6 Å². The monoisotopic (exact) mass is 260 g/mol. The summed E-state index contributed by atoms with van der Waals surface area (Å²) in [5, 5.41) is 6.45. The first-order valence-corrected chi connectivity index (χ1v) is 7.20. The summed E-state index contributed by atoms with van der Waals surface area (Å²) in [5.41, 5.74) is 2.20. The van der Waals surface area contributed by atoms with Crippen LogP contribution in [0.5, 0.6) is 0 Å². The van der Waals surface area contributed by atoms with Crippen molar-refractivity contribution in [2.24, 2.45) is 5.92 Å². The SMILES string of the molecule is CC(C)NC(C)Cc1ccc(NC(=O)C2CC2)cc1. The molecular formula is C16H24N2O. The van der Waals surface area contributed by atoms with Gasteiger partial charge < -0.3 is 10.6 Å². The predicted molar refractivity (Wildman–Crippen MR) is 79.2 cm³/mol. The van der Waals surface area contributed by atoms with Crippen molar-refractivity contribution in [3.05, 3.63) is 29.8 Å². The third-order valence-electron chi connectivity index (χ3n) is 3.33. The number of benzene rings is 1. The number of carbonyl (C=O) groups excluding carboxylic acids is 1. The Morgan fingerprint density at radius 1 is 1.21 bits per heavy atom. The van der Waals surface area contributed by atoms with Gasteiger partial charge in [0, 0.05) is 23.7 Å². The molecule has 0 aliphatic heterocycles. The van der Waals surface area contributed by atoms with E-state index in [0.717, 1.165) is 24.9 Å². The largest absolute Gasteiger partial charge is 0.326 e. The molecule has 19 heavy (non-hydrogen) atoms. The van der Waals surface area contributed by atoms with Crippen LogP contribution in [0.3, 0.4) is 0 Å². The van der Waals surface area contributed by atoms with Crippen LogP contribution in [-0.4, -0.2) is 18.0 Å². The van der Waals surface area contributed by atoms with Gasteiger partial charge >= 0.3 is 0 Å². The number of carbonyl (C=O) groups is 1. The summed E-state index contributed by atoms with van der Waals surface area (Å²) >= 11 is 0. The van der Waals surface area contributed by atoms with Crippen molar-refractivity contribution in [2.75, 3.05) is 5.32 Å². The average molecular weight is 260 g/mol. The zero-order chi connectivity index (χ0) is 13.8. The van der Waals surface area contributed by atoms with Gasteiger partial charge in [-0.25, -0.2) is 0 Å². The van der Waals surface area contributed by atoms with E-state index in [2.05, 4.69) is 43.5 Å². The lowest BCUT2D eigenvalue weighted by Crippen LogP contribution is -2.33. The zero-order valence-electron chi connectivity index (χ0n) is 12.1. The van der Waals surface area contributed by atoms with E-state index in [-0.39, 0.29) is 11.8 Å². The van der Waals surface area contributed by atoms with Crippen LogP contribution in [0, 0.1) is 5.92 Å². The van der Waals surface area contributed by atoms with E-state index in [0.29, 0.717) is 12.1 Å². The molecule has 1 aliphatic rings. The van der Waals surface area contributed by atoms with Crippen molar-refractivity contribution in [3.63, 3.8) is 0 Å². The van der Waals surface area contributed by atoms with E-state index in [9.17, 15) is 4.79 Å². The van der Waals surface area contributed by atoms with Gasteiger partial charge in [-0.05, 0) is 43.9 Å². The second kappa shape index (κ2) is 6.20. The van der Waals surface area contributed by atoms with Crippen molar-refractivity contribution >= 4 is 11.6 Å². The van der Waals surface area contributed by atoms with Crippen LogP contribution in [0.1, 0.15) is 39.2 Å². The van der Waals surface area contributed by atoms with Gasteiger partial charge in [-0.2, -0.15) is 0 Å². The second-order valence-electron chi connectivity index (χ2n) is 5.89. The minimum absolute atomic E-state index is 0.169. The molecule has 0 saturated heterocycles. The third kappa shape index (κ3) is 4.67. The van der Waals surface area contributed by atoms with E-state index < -0.39 is 0 Å². The van der Waals surface area contributed by atoms with Gasteiger partial charge in [0.05, 0.1) is 0 Å². The number of rotatable bonds is 6. The number of anilines is 1. The smallest absolute Gasteiger partial charge is 0.227 e. The maximum Gasteiger partial charge on any atom is 0.227 e. The highest BCUT2D eigenvalue weighted by molar-refractivity contribution is 5.93. The van der Waals surface area contributed by atoms with Gasteiger partial charge in [0.2, 0.25) is 5.91 Å². The highest BCUT2D eigenvalue weighted by atomic mass is 16.2. The van der Waals surface area contributed by atoms with Crippen LogP contribution in [0.2, 0.25) is 0 Å². The predicted octanol–water partition coefficient (Wildman–Crippen LogP) is 2.96. The van der Waals surface area contributed by atoms with Crippen molar-refractivity contribution in [3.8, 4) is 0 Å². The molecule has 104 valence electrons. The molecule has 2 rings (SSSR count). The van der Waals surface area contributed by atoms with Gasteiger partial charge in [0.15, 0.2) is 0 Å². The Morgan fingerprint density at radius 2 is 1.84 bits per heavy atom. The average Bonchev–Trinajstić information content (AvgIpc) is 3.14. The Hall–Kier alpha value is -1.35. The number of nitrogens with one attached hydrogen (secondary N) is 2. The Kier molecular flexibility index (Phi) is 4.59. The molecule has 0 aromatic heterocycles. The van der Waals surface area contributed by atoms with Crippen LogP contribution in [0.25, 0.3) is 0 Å². The Bertz CT molecular complexity index is 421. The number of hydrogen-bond donors (Lipinski definition) is 2. The minimum atomic E-state index is 0.169. The van der Waals surface area contributed by atoms with Crippen LogP contribution in [0.15, 0.2) is 24.3 Å². The summed E-state index contributed by atoms with van der Waals surface area (Å²) in [4.78, 5) is 11.6. The van der Waals surface area contributed by atoms with Crippen LogP contribution in [-0.2, 0) is 11.2 Å². The van der Waals surface area contributed by atoms with Crippen molar-refractivity contribution < 1.29 is 4.79 Å². The molecule has 1 fully saturated rings. The molecule has 1 unspecified atom stereocenters. The highest BCUT2D eigenvalue weighted by Crippen LogP contribution is 2.30. The van der Waals surface area contributed by atoms with E-state index in [1.54, 1.807) is 0 Å². The molecule has 3 heteroatoms. The zero-order valence-corrected chi connectivity index (χ0v) is 12.1. The first-order chi connectivity index (χ1) is 9.04. The minimum Gasteiger partial charge on any atom is -0.326 e. The molecule has 1 aromatic carbocycles. The second-order valence-corrected chi connectivity index (χ2v) is 5.89. The normalized spacial score (nSPS) is 16.4. The maximum absolute atomic E-state index is 11.6. The lowest BCUT2D eigenvalue weighted by Gasteiger charge is -2.17. The fraction of sp³-hybridized carbons (Fsp3) is 0.562. The molecule has 0 radical (unpaired) electrons. The molecule has 1 amide bonds. The summed E-state index contributed by atoms with van der Waals surface area (Å²) in [6.45, 7) is 6.52. The number of amides is 1. The standard InChI is InChI=1S/C16H24N2O/c1-11(2)17-12(3)10-13-4-8-15(9-5-13)18-16(19)14-6-7-14/h4-5,8-9,11-12,14,17H,6-7,10H2,1-3H3,(H,18,19). The lowest BCUT2D eigenvalue weighted by atomic mass is 10.1. The molecule has 0 bridgehead atoms. The Labute approximate surface area is 115 Å². The molecular weight excluding hydrogens is 236 g/mol. The molecule has 1 aliphatic carbocycles. The van der Waals surface area contributed by atoms with Crippen LogP contribution in [0.4, 0.5) is 5.69 Å². The summed E-state index contributed by atoms with van der Waals surface area (Å²) in [5.74, 6) is 0.428. The first-order valence-electron chi connectivity index (χ1n) is 7.20. The first kappa shape index (κ1) is 14.1. The van der Waals surface area contributed by atoms with Gasteiger partial charge in [-0.1, -0.05) is 26.0 Å². The Morgan fingerprint density at radius 3 is 2.37 bits per heavy atom. The van der Waals surface area contributed by atoms with Crippen LogP contribution >= 0.6 is 0 Å². The fourth-order valence-corrected chi connectivity index (χ4v) is 2.30. The van der Waals surface area contributed by atoms with E-state index in [4.69, 9.17) is 0 Å². The van der Waals surface area contributed by atoms with Crippen molar-refractivity contribution in [2.45, 2.75) is 52.1 Å².